The Labute approximate surface area is 136 Å². The summed E-state index contributed by atoms with van der Waals surface area (Å²) in [6.07, 6.45) is 17.2. The summed E-state index contributed by atoms with van der Waals surface area (Å²) in [4.78, 5) is 11.7. The van der Waals surface area contributed by atoms with Gasteiger partial charge in [0.25, 0.3) is 0 Å². The molecule has 0 amide bonds. The smallest absolute Gasteiger partial charge is 0.158 e. The summed E-state index contributed by atoms with van der Waals surface area (Å²) < 4.78 is 0. The SMILES string of the molecule is CC(C)=CCCC(C)=CCCC(C)=CCC1=CCCCC1=O. The first-order valence-corrected chi connectivity index (χ1v) is 8.66. The molecule has 0 heterocycles. The van der Waals surface area contributed by atoms with Crippen molar-refractivity contribution in [1.82, 2.24) is 0 Å². The summed E-state index contributed by atoms with van der Waals surface area (Å²) in [7, 11) is 0. The van der Waals surface area contributed by atoms with Crippen LogP contribution in [0.1, 0.15) is 79.1 Å². The van der Waals surface area contributed by atoms with Crippen LogP contribution < -0.4 is 0 Å². The number of rotatable bonds is 8. The van der Waals surface area contributed by atoms with Crippen LogP contribution in [0.15, 0.2) is 46.6 Å². The molecule has 1 rings (SSSR count). The maximum Gasteiger partial charge on any atom is 0.158 e. The third-order valence-electron chi connectivity index (χ3n) is 4.15. The third-order valence-corrected chi connectivity index (χ3v) is 4.15. The summed E-state index contributed by atoms with van der Waals surface area (Å²) in [5, 5.41) is 0. The van der Waals surface area contributed by atoms with Gasteiger partial charge in [0.15, 0.2) is 5.78 Å². The number of hydrogen-bond acceptors (Lipinski definition) is 1. The Morgan fingerprint density at radius 2 is 1.64 bits per heavy atom. The standard InChI is InChI=1S/C21H32O/c1-17(2)9-7-10-18(3)11-8-12-19(4)15-16-20-13-5-6-14-21(20)22/h9,11,13,15H,5-8,10,12,14,16H2,1-4H3. The lowest BCUT2D eigenvalue weighted by atomic mass is 9.95. The normalized spacial score (nSPS) is 16.5. The molecule has 1 nitrogen and oxygen atoms in total. The highest BCUT2D eigenvalue weighted by atomic mass is 16.1. The maximum absolute atomic E-state index is 11.7. The van der Waals surface area contributed by atoms with Crippen molar-refractivity contribution in [2.75, 3.05) is 0 Å². The molecule has 0 radical (unpaired) electrons. The minimum absolute atomic E-state index is 0.352. The molecule has 1 aliphatic rings. The van der Waals surface area contributed by atoms with Crippen LogP contribution >= 0.6 is 0 Å². The first-order valence-electron chi connectivity index (χ1n) is 8.66. The van der Waals surface area contributed by atoms with Crippen molar-refractivity contribution >= 4 is 5.78 Å². The number of allylic oxidation sites excluding steroid dienone is 8. The lowest BCUT2D eigenvalue weighted by molar-refractivity contribution is -0.116. The topological polar surface area (TPSA) is 17.1 Å². The van der Waals surface area contributed by atoms with E-state index < -0.39 is 0 Å². The van der Waals surface area contributed by atoms with Crippen molar-refractivity contribution in [2.45, 2.75) is 79.1 Å². The minimum Gasteiger partial charge on any atom is -0.295 e. The van der Waals surface area contributed by atoms with Crippen LogP contribution in [0.4, 0.5) is 0 Å². The molecule has 0 aliphatic heterocycles. The molecular weight excluding hydrogens is 268 g/mol. The van der Waals surface area contributed by atoms with Crippen LogP contribution in [0.25, 0.3) is 0 Å². The van der Waals surface area contributed by atoms with Crippen molar-refractivity contribution in [2.24, 2.45) is 0 Å². The molecule has 1 aliphatic carbocycles. The lowest BCUT2D eigenvalue weighted by Crippen LogP contribution is -2.06. The number of hydrogen-bond donors (Lipinski definition) is 0. The van der Waals surface area contributed by atoms with Gasteiger partial charge >= 0.3 is 0 Å². The average molecular weight is 300 g/mol. The van der Waals surface area contributed by atoms with Crippen LogP contribution in [0.5, 0.6) is 0 Å². The first kappa shape index (κ1) is 18.7. The Balaban J connectivity index is 2.31. The molecule has 0 fully saturated rings. The summed E-state index contributed by atoms with van der Waals surface area (Å²) >= 11 is 0. The molecule has 0 aromatic carbocycles. The van der Waals surface area contributed by atoms with Crippen molar-refractivity contribution < 1.29 is 4.79 Å². The van der Waals surface area contributed by atoms with E-state index in [0.29, 0.717) is 5.78 Å². The predicted octanol–water partition coefficient (Wildman–Crippen LogP) is 6.48. The summed E-state index contributed by atoms with van der Waals surface area (Å²) in [6.45, 7) is 8.71. The van der Waals surface area contributed by atoms with Gasteiger partial charge < -0.3 is 0 Å². The Bertz CT molecular complexity index is 482. The fourth-order valence-corrected chi connectivity index (χ4v) is 2.63. The zero-order chi connectivity index (χ0) is 16.4. The molecule has 0 saturated heterocycles. The second-order valence-corrected chi connectivity index (χ2v) is 6.71. The quantitative estimate of drug-likeness (QED) is 0.469. The van der Waals surface area contributed by atoms with Crippen molar-refractivity contribution in [3.8, 4) is 0 Å². The molecule has 0 unspecified atom stereocenters. The van der Waals surface area contributed by atoms with E-state index in [4.69, 9.17) is 0 Å². The number of Topliss-reactive ketones (excluding diaryl/α,β-unsaturated/α-hetero) is 1. The molecule has 122 valence electrons. The second-order valence-electron chi connectivity index (χ2n) is 6.71. The molecule has 0 atom stereocenters. The highest BCUT2D eigenvalue weighted by molar-refractivity contribution is 5.96. The summed E-state index contributed by atoms with van der Waals surface area (Å²) in [5.41, 5.74) is 5.31. The van der Waals surface area contributed by atoms with E-state index in [0.717, 1.165) is 56.9 Å². The highest BCUT2D eigenvalue weighted by Crippen LogP contribution is 2.19. The monoisotopic (exact) mass is 300 g/mol. The fraction of sp³-hybridized carbons (Fsp3) is 0.571. The Hall–Kier alpha value is -1.37. The molecule has 0 aromatic heterocycles. The minimum atomic E-state index is 0.352. The van der Waals surface area contributed by atoms with Gasteiger partial charge in [-0.05, 0) is 78.2 Å². The molecule has 0 bridgehead atoms. The molecular formula is C21H32O. The average Bonchev–Trinajstić information content (AvgIpc) is 2.46. The van der Waals surface area contributed by atoms with Crippen LogP contribution in [0, 0.1) is 0 Å². The van der Waals surface area contributed by atoms with Gasteiger partial charge in [-0.25, -0.2) is 0 Å². The van der Waals surface area contributed by atoms with E-state index in [-0.39, 0.29) is 0 Å². The Kier molecular flexibility index (Phi) is 8.81. The van der Waals surface area contributed by atoms with E-state index in [2.05, 4.69) is 52.0 Å². The molecule has 0 saturated carbocycles. The lowest BCUT2D eigenvalue weighted by Gasteiger charge is -2.10. The summed E-state index contributed by atoms with van der Waals surface area (Å²) in [5.74, 6) is 0.352. The van der Waals surface area contributed by atoms with Crippen LogP contribution in [0.2, 0.25) is 0 Å². The van der Waals surface area contributed by atoms with Gasteiger partial charge in [-0.3, -0.25) is 4.79 Å². The largest absolute Gasteiger partial charge is 0.295 e. The van der Waals surface area contributed by atoms with Gasteiger partial charge in [0.1, 0.15) is 0 Å². The van der Waals surface area contributed by atoms with Gasteiger partial charge in [0, 0.05) is 6.42 Å². The van der Waals surface area contributed by atoms with Gasteiger partial charge in [-0.15, -0.1) is 0 Å². The van der Waals surface area contributed by atoms with Gasteiger partial charge in [-0.2, -0.15) is 0 Å². The molecule has 0 N–H and O–H groups in total. The fourth-order valence-electron chi connectivity index (χ4n) is 2.63. The zero-order valence-corrected chi connectivity index (χ0v) is 14.9. The third kappa shape index (κ3) is 8.17. The molecule has 0 spiro atoms. The van der Waals surface area contributed by atoms with Gasteiger partial charge in [0.05, 0.1) is 0 Å². The maximum atomic E-state index is 11.7. The van der Waals surface area contributed by atoms with Crippen LogP contribution in [0.3, 0.4) is 0 Å². The van der Waals surface area contributed by atoms with Crippen LogP contribution in [-0.2, 0) is 4.79 Å². The van der Waals surface area contributed by atoms with E-state index in [9.17, 15) is 4.79 Å². The van der Waals surface area contributed by atoms with E-state index in [1.807, 2.05) is 0 Å². The van der Waals surface area contributed by atoms with Crippen molar-refractivity contribution in [3.63, 3.8) is 0 Å². The molecule has 1 heteroatoms. The van der Waals surface area contributed by atoms with Crippen molar-refractivity contribution in [1.29, 1.82) is 0 Å². The van der Waals surface area contributed by atoms with E-state index in [1.165, 1.54) is 16.7 Å². The Morgan fingerprint density at radius 3 is 2.27 bits per heavy atom. The Morgan fingerprint density at radius 1 is 1.00 bits per heavy atom. The second kappa shape index (κ2) is 10.4. The zero-order valence-electron chi connectivity index (χ0n) is 14.9. The predicted molar refractivity (Wildman–Crippen MR) is 97.0 cm³/mol. The number of carbonyl (C=O) groups is 1. The first-order chi connectivity index (χ1) is 10.5. The van der Waals surface area contributed by atoms with Gasteiger partial charge in [-0.1, -0.05) is 41.0 Å². The van der Waals surface area contributed by atoms with Crippen molar-refractivity contribution in [3.05, 3.63) is 46.6 Å². The highest BCUT2D eigenvalue weighted by Gasteiger charge is 2.11. The molecule has 22 heavy (non-hydrogen) atoms. The van der Waals surface area contributed by atoms with E-state index >= 15 is 0 Å². The number of carbonyl (C=O) groups excluding carboxylic acids is 1. The molecule has 0 aromatic rings. The van der Waals surface area contributed by atoms with Crippen LogP contribution in [-0.4, -0.2) is 5.78 Å². The van der Waals surface area contributed by atoms with E-state index in [1.54, 1.807) is 0 Å². The summed E-state index contributed by atoms with van der Waals surface area (Å²) in [6, 6.07) is 0. The van der Waals surface area contributed by atoms with Gasteiger partial charge in [0.2, 0.25) is 0 Å². The number of ketones is 1.